The van der Waals surface area contributed by atoms with Crippen molar-refractivity contribution in [2.45, 2.75) is 0 Å². The van der Waals surface area contributed by atoms with Crippen LogP contribution in [0.5, 0.6) is 0 Å². The summed E-state index contributed by atoms with van der Waals surface area (Å²) in [6.45, 7) is 0. The van der Waals surface area contributed by atoms with Gasteiger partial charge in [-0.2, -0.15) is 0 Å². The molecular weight excluding hydrogens is 857 g/mol. The lowest BCUT2D eigenvalue weighted by Gasteiger charge is -2.35. The summed E-state index contributed by atoms with van der Waals surface area (Å²) in [4.78, 5) is 31.1. The standard InChI is InChI=1S/C62H42N6Si/c1-5-21-45(22-6-1)57-63-59(67-61(65-57)51-37-35-43-19-13-15-25-47(43)39-51)49-27-17-33-55(41-49)69(53-29-9-3-10-30-53,54-31-11-4-12-32-54)56-34-18-28-50(42-56)60-64-58(46-23-7-2-8-24-46)66-62(68-60)52-38-36-44-20-14-16-26-48(44)40-52/h1-42H. The van der Waals surface area contributed by atoms with Gasteiger partial charge in [0.2, 0.25) is 0 Å². The minimum Gasteiger partial charge on any atom is -0.208 e. The SMILES string of the molecule is c1ccc(-c2nc(-c3cccc([Si](c4ccccc4)(c4ccccc4)c4cccc(-c5nc(-c6ccccc6)nc(-c6ccc7ccccc7c6)n5)c4)c3)nc(-c3ccc4ccccc4c3)n2)cc1. The number of benzene rings is 10. The molecule has 12 aromatic rings. The summed E-state index contributed by atoms with van der Waals surface area (Å²) in [6, 6.07) is 89.5. The van der Waals surface area contributed by atoms with Gasteiger partial charge in [0.1, 0.15) is 0 Å². The number of fused-ring (bicyclic) bond motifs is 2. The van der Waals surface area contributed by atoms with E-state index < -0.39 is 8.07 Å². The molecule has 0 aliphatic heterocycles. The highest BCUT2D eigenvalue weighted by atomic mass is 28.3. The van der Waals surface area contributed by atoms with Gasteiger partial charge in [-0.15, -0.1) is 0 Å². The molecule has 10 aromatic carbocycles. The molecule has 0 atom stereocenters. The summed E-state index contributed by atoms with van der Waals surface area (Å²) in [6.07, 6.45) is 0. The van der Waals surface area contributed by atoms with E-state index >= 15 is 0 Å². The van der Waals surface area contributed by atoms with Crippen molar-refractivity contribution in [3.8, 4) is 68.3 Å². The molecule has 0 radical (unpaired) electrons. The Morgan fingerprint density at radius 3 is 0.841 bits per heavy atom. The van der Waals surface area contributed by atoms with Gasteiger partial charge in [-0.05, 0) is 54.4 Å². The Labute approximate surface area is 401 Å². The smallest absolute Gasteiger partial charge is 0.179 e. The van der Waals surface area contributed by atoms with Crippen molar-refractivity contribution >= 4 is 50.4 Å². The van der Waals surface area contributed by atoms with Crippen LogP contribution in [0.2, 0.25) is 0 Å². The Kier molecular flexibility index (Phi) is 10.8. The van der Waals surface area contributed by atoms with Crippen LogP contribution in [0.25, 0.3) is 89.9 Å². The largest absolute Gasteiger partial charge is 0.208 e. The molecule has 324 valence electrons. The molecule has 0 unspecified atom stereocenters. The summed E-state index contributed by atoms with van der Waals surface area (Å²) in [7, 11) is -3.14. The molecule has 2 heterocycles. The predicted molar refractivity (Wildman–Crippen MR) is 284 cm³/mol. The summed E-state index contributed by atoms with van der Waals surface area (Å²) in [5.41, 5.74) is 5.50. The van der Waals surface area contributed by atoms with Gasteiger partial charge in [0.25, 0.3) is 0 Å². The molecule has 0 N–H and O–H groups in total. The van der Waals surface area contributed by atoms with Crippen molar-refractivity contribution in [2.24, 2.45) is 0 Å². The van der Waals surface area contributed by atoms with Gasteiger partial charge < -0.3 is 0 Å². The maximum Gasteiger partial charge on any atom is 0.179 e. The molecular formula is C62H42N6Si. The van der Waals surface area contributed by atoms with E-state index in [0.717, 1.165) is 54.9 Å². The quantitative estimate of drug-likeness (QED) is 0.101. The maximum atomic E-state index is 5.26. The average Bonchev–Trinajstić information content (AvgIpc) is 3.44. The number of hydrogen-bond donors (Lipinski definition) is 0. The third-order valence-corrected chi connectivity index (χ3v) is 17.6. The normalized spacial score (nSPS) is 11.5. The Morgan fingerprint density at radius 2 is 0.464 bits per heavy atom. The van der Waals surface area contributed by atoms with E-state index in [4.69, 9.17) is 29.9 Å². The molecule has 0 aliphatic rings. The number of hydrogen-bond acceptors (Lipinski definition) is 6. The molecule has 0 saturated carbocycles. The Bertz CT molecular complexity index is 3540. The van der Waals surface area contributed by atoms with Crippen LogP contribution in [-0.4, -0.2) is 38.0 Å². The van der Waals surface area contributed by atoms with Crippen molar-refractivity contribution in [1.29, 1.82) is 0 Å². The van der Waals surface area contributed by atoms with Gasteiger partial charge in [-0.25, -0.2) is 29.9 Å². The highest BCUT2D eigenvalue weighted by Gasteiger charge is 2.42. The Hall–Kier alpha value is -9.04. The van der Waals surface area contributed by atoms with E-state index in [1.807, 2.05) is 36.4 Å². The monoisotopic (exact) mass is 898 g/mol. The van der Waals surface area contributed by atoms with Crippen molar-refractivity contribution in [1.82, 2.24) is 29.9 Å². The molecule has 6 nitrogen and oxygen atoms in total. The number of rotatable bonds is 10. The zero-order chi connectivity index (χ0) is 46.0. The molecule has 12 rings (SSSR count). The molecule has 0 fully saturated rings. The van der Waals surface area contributed by atoms with Gasteiger partial charge in [0, 0.05) is 33.4 Å². The Morgan fingerprint density at radius 1 is 0.188 bits per heavy atom. The van der Waals surface area contributed by atoms with Crippen LogP contribution in [0, 0.1) is 0 Å². The highest BCUT2D eigenvalue weighted by molar-refractivity contribution is 7.20. The van der Waals surface area contributed by atoms with Crippen LogP contribution < -0.4 is 20.7 Å². The average molecular weight is 899 g/mol. The molecule has 0 saturated heterocycles. The third kappa shape index (κ3) is 7.97. The fourth-order valence-electron chi connectivity index (χ4n) is 9.52. The minimum atomic E-state index is -3.14. The fourth-order valence-corrected chi connectivity index (χ4v) is 14.3. The van der Waals surface area contributed by atoms with Crippen LogP contribution in [-0.2, 0) is 0 Å². The predicted octanol–water partition coefficient (Wildman–Crippen LogP) is 11.7. The second-order valence-corrected chi connectivity index (χ2v) is 20.9. The van der Waals surface area contributed by atoms with E-state index in [1.54, 1.807) is 0 Å². The van der Waals surface area contributed by atoms with E-state index in [2.05, 4.69) is 218 Å². The topological polar surface area (TPSA) is 77.3 Å². The molecule has 0 spiro atoms. The van der Waals surface area contributed by atoms with Crippen LogP contribution in [0.1, 0.15) is 0 Å². The first-order valence-corrected chi connectivity index (χ1v) is 25.1. The molecule has 2 aromatic heterocycles. The molecule has 0 bridgehead atoms. The zero-order valence-electron chi connectivity index (χ0n) is 37.4. The fraction of sp³-hybridized carbons (Fsp3) is 0. The van der Waals surface area contributed by atoms with E-state index in [0.29, 0.717) is 34.9 Å². The van der Waals surface area contributed by atoms with Crippen LogP contribution in [0.4, 0.5) is 0 Å². The lowest BCUT2D eigenvalue weighted by molar-refractivity contribution is 1.07. The Balaban J connectivity index is 1.06. The summed E-state index contributed by atoms with van der Waals surface area (Å²) < 4.78 is 0. The number of aromatic nitrogens is 6. The van der Waals surface area contributed by atoms with E-state index in [-0.39, 0.29) is 0 Å². The van der Waals surface area contributed by atoms with Gasteiger partial charge in [-0.1, -0.05) is 243 Å². The van der Waals surface area contributed by atoms with Crippen LogP contribution in [0.15, 0.2) is 255 Å². The second-order valence-electron chi connectivity index (χ2n) is 17.1. The van der Waals surface area contributed by atoms with Crippen molar-refractivity contribution < 1.29 is 0 Å². The van der Waals surface area contributed by atoms with Gasteiger partial charge in [0.05, 0.1) is 0 Å². The van der Waals surface area contributed by atoms with Crippen molar-refractivity contribution in [3.63, 3.8) is 0 Å². The van der Waals surface area contributed by atoms with E-state index in [9.17, 15) is 0 Å². The van der Waals surface area contributed by atoms with Crippen molar-refractivity contribution in [2.75, 3.05) is 0 Å². The third-order valence-electron chi connectivity index (χ3n) is 12.9. The van der Waals surface area contributed by atoms with Crippen LogP contribution >= 0.6 is 0 Å². The lowest BCUT2D eigenvalue weighted by atomic mass is 10.1. The summed E-state index contributed by atoms with van der Waals surface area (Å²) in [5, 5.41) is 9.42. The second kappa shape index (κ2) is 18.0. The summed E-state index contributed by atoms with van der Waals surface area (Å²) >= 11 is 0. The van der Waals surface area contributed by atoms with E-state index in [1.165, 1.54) is 20.7 Å². The zero-order valence-corrected chi connectivity index (χ0v) is 38.4. The van der Waals surface area contributed by atoms with Gasteiger partial charge >= 0.3 is 0 Å². The minimum absolute atomic E-state index is 0.603. The van der Waals surface area contributed by atoms with Gasteiger partial charge in [-0.3, -0.25) is 0 Å². The van der Waals surface area contributed by atoms with Gasteiger partial charge in [0.15, 0.2) is 43.0 Å². The lowest BCUT2D eigenvalue weighted by Crippen LogP contribution is -2.74. The first kappa shape index (κ1) is 41.4. The molecule has 69 heavy (non-hydrogen) atoms. The highest BCUT2D eigenvalue weighted by Crippen LogP contribution is 2.30. The summed E-state index contributed by atoms with van der Waals surface area (Å²) in [5.74, 6) is 3.68. The molecule has 0 aliphatic carbocycles. The maximum absolute atomic E-state index is 5.26. The van der Waals surface area contributed by atoms with Crippen molar-refractivity contribution in [3.05, 3.63) is 255 Å². The first-order chi connectivity index (χ1) is 34.2. The molecule has 7 heteroatoms. The number of nitrogens with zero attached hydrogens (tertiary/aromatic N) is 6. The first-order valence-electron chi connectivity index (χ1n) is 23.1. The van der Waals surface area contributed by atoms with Crippen LogP contribution in [0.3, 0.4) is 0 Å². The molecule has 0 amide bonds.